The van der Waals surface area contributed by atoms with Crippen LogP contribution in [0.5, 0.6) is 0 Å². The van der Waals surface area contributed by atoms with Gasteiger partial charge in [-0.05, 0) is 50.9 Å². The predicted octanol–water partition coefficient (Wildman–Crippen LogP) is 3.22. The van der Waals surface area contributed by atoms with E-state index in [1.165, 1.54) is 17.5 Å². The predicted molar refractivity (Wildman–Crippen MR) is 78.1 cm³/mol. The van der Waals surface area contributed by atoms with Crippen LogP contribution in [0.4, 0.5) is 0 Å². The van der Waals surface area contributed by atoms with Gasteiger partial charge in [0, 0.05) is 30.2 Å². The van der Waals surface area contributed by atoms with Crippen LogP contribution in [0.1, 0.15) is 31.4 Å². The van der Waals surface area contributed by atoms with E-state index in [2.05, 4.69) is 49.2 Å². The molecule has 1 aliphatic heterocycles. The first-order valence-corrected chi connectivity index (χ1v) is 7.16. The van der Waals surface area contributed by atoms with E-state index in [0.717, 1.165) is 24.7 Å². The molecule has 18 heavy (non-hydrogen) atoms. The zero-order valence-corrected chi connectivity index (χ0v) is 12.3. The first-order valence-electron chi connectivity index (χ1n) is 6.78. The fraction of sp³-hybridized carbons (Fsp3) is 0.600. The van der Waals surface area contributed by atoms with Gasteiger partial charge in [-0.1, -0.05) is 23.7 Å². The van der Waals surface area contributed by atoms with E-state index >= 15 is 0 Å². The third-order valence-corrected chi connectivity index (χ3v) is 4.12. The Morgan fingerprint density at radius 2 is 2.17 bits per heavy atom. The van der Waals surface area contributed by atoms with E-state index in [0.29, 0.717) is 12.1 Å². The summed E-state index contributed by atoms with van der Waals surface area (Å²) in [5.74, 6) is 0. The molecular weight excluding hydrogens is 244 g/mol. The molecule has 100 valence electrons. The summed E-state index contributed by atoms with van der Waals surface area (Å²) in [6.45, 7) is 9.79. The number of nitrogens with zero attached hydrogens (tertiary/aromatic N) is 1. The molecule has 1 heterocycles. The highest BCUT2D eigenvalue weighted by Gasteiger charge is 2.21. The van der Waals surface area contributed by atoms with Gasteiger partial charge < -0.3 is 5.32 Å². The van der Waals surface area contributed by atoms with Crippen LogP contribution in [0.2, 0.25) is 5.02 Å². The Kier molecular flexibility index (Phi) is 4.66. The van der Waals surface area contributed by atoms with Gasteiger partial charge in [-0.2, -0.15) is 0 Å². The summed E-state index contributed by atoms with van der Waals surface area (Å²) < 4.78 is 0. The Bertz CT molecular complexity index is 405. The number of rotatable bonds is 2. The van der Waals surface area contributed by atoms with E-state index in [9.17, 15) is 0 Å². The molecule has 1 aromatic carbocycles. The average molecular weight is 267 g/mol. The highest BCUT2D eigenvalue weighted by molar-refractivity contribution is 6.31. The van der Waals surface area contributed by atoms with Gasteiger partial charge in [0.05, 0.1) is 0 Å². The molecule has 0 aromatic heterocycles. The molecule has 0 aliphatic carbocycles. The smallest absolute Gasteiger partial charge is 0.0453 e. The lowest BCUT2D eigenvalue weighted by atomic mass is 10.1. The Hall–Kier alpha value is -0.570. The molecule has 2 unspecified atom stereocenters. The topological polar surface area (TPSA) is 15.3 Å². The SMILES string of the molecule is Cc1ccc(CN2CC(C)NCCC2C)c(Cl)c1. The second-order valence-corrected chi connectivity index (χ2v) is 5.92. The van der Waals surface area contributed by atoms with Crippen molar-refractivity contribution in [3.8, 4) is 0 Å². The van der Waals surface area contributed by atoms with Crippen LogP contribution < -0.4 is 5.32 Å². The molecule has 0 bridgehead atoms. The number of hydrogen-bond donors (Lipinski definition) is 1. The van der Waals surface area contributed by atoms with Gasteiger partial charge >= 0.3 is 0 Å². The normalized spacial score (nSPS) is 26.0. The van der Waals surface area contributed by atoms with Crippen LogP contribution in [-0.2, 0) is 6.54 Å². The van der Waals surface area contributed by atoms with Crippen LogP contribution in [0.15, 0.2) is 18.2 Å². The lowest BCUT2D eigenvalue weighted by Gasteiger charge is -2.28. The van der Waals surface area contributed by atoms with Crippen molar-refractivity contribution in [3.63, 3.8) is 0 Å². The Labute approximate surface area is 115 Å². The molecule has 2 atom stereocenters. The summed E-state index contributed by atoms with van der Waals surface area (Å²) in [5.41, 5.74) is 2.46. The Morgan fingerprint density at radius 1 is 1.39 bits per heavy atom. The molecule has 0 saturated carbocycles. The van der Waals surface area contributed by atoms with E-state index in [1.807, 2.05) is 0 Å². The van der Waals surface area contributed by atoms with Gasteiger partial charge in [0.15, 0.2) is 0 Å². The maximum atomic E-state index is 6.33. The molecule has 0 amide bonds. The van der Waals surface area contributed by atoms with E-state index in [-0.39, 0.29) is 0 Å². The maximum absolute atomic E-state index is 6.33. The number of hydrogen-bond acceptors (Lipinski definition) is 2. The Morgan fingerprint density at radius 3 is 2.89 bits per heavy atom. The van der Waals surface area contributed by atoms with Crippen LogP contribution in [0.25, 0.3) is 0 Å². The molecule has 3 heteroatoms. The van der Waals surface area contributed by atoms with Gasteiger partial charge in [0.1, 0.15) is 0 Å². The lowest BCUT2D eigenvalue weighted by Crippen LogP contribution is -2.38. The fourth-order valence-electron chi connectivity index (χ4n) is 2.54. The summed E-state index contributed by atoms with van der Waals surface area (Å²) in [5, 5.41) is 4.44. The van der Waals surface area contributed by atoms with Crippen LogP contribution in [-0.4, -0.2) is 30.1 Å². The van der Waals surface area contributed by atoms with Gasteiger partial charge in [-0.3, -0.25) is 4.90 Å². The van der Waals surface area contributed by atoms with Gasteiger partial charge in [0.2, 0.25) is 0 Å². The van der Waals surface area contributed by atoms with Gasteiger partial charge in [-0.25, -0.2) is 0 Å². The molecule has 1 N–H and O–H groups in total. The highest BCUT2D eigenvalue weighted by Crippen LogP contribution is 2.21. The van der Waals surface area contributed by atoms with Crippen molar-refractivity contribution in [2.24, 2.45) is 0 Å². The largest absolute Gasteiger partial charge is 0.313 e. The summed E-state index contributed by atoms with van der Waals surface area (Å²) in [4.78, 5) is 2.53. The van der Waals surface area contributed by atoms with Crippen molar-refractivity contribution in [3.05, 3.63) is 34.3 Å². The molecule has 1 aliphatic rings. The minimum atomic E-state index is 0.555. The average Bonchev–Trinajstić information content (AvgIpc) is 2.45. The number of halogens is 1. The quantitative estimate of drug-likeness (QED) is 0.884. The van der Waals surface area contributed by atoms with Crippen molar-refractivity contribution in [1.29, 1.82) is 0 Å². The summed E-state index contributed by atoms with van der Waals surface area (Å²) in [6.07, 6.45) is 1.20. The summed E-state index contributed by atoms with van der Waals surface area (Å²) in [6, 6.07) is 7.53. The van der Waals surface area contributed by atoms with Gasteiger partial charge in [0.25, 0.3) is 0 Å². The first kappa shape index (κ1) is 13.9. The van der Waals surface area contributed by atoms with Crippen molar-refractivity contribution < 1.29 is 0 Å². The van der Waals surface area contributed by atoms with Gasteiger partial charge in [-0.15, -0.1) is 0 Å². The van der Waals surface area contributed by atoms with Crippen LogP contribution in [0.3, 0.4) is 0 Å². The lowest BCUT2D eigenvalue weighted by molar-refractivity contribution is 0.199. The van der Waals surface area contributed by atoms with Crippen LogP contribution >= 0.6 is 11.6 Å². The van der Waals surface area contributed by atoms with E-state index in [4.69, 9.17) is 11.6 Å². The molecule has 1 fully saturated rings. The number of nitrogens with one attached hydrogen (secondary N) is 1. The summed E-state index contributed by atoms with van der Waals surface area (Å²) >= 11 is 6.33. The third-order valence-electron chi connectivity index (χ3n) is 3.77. The molecule has 0 spiro atoms. The monoisotopic (exact) mass is 266 g/mol. The zero-order valence-electron chi connectivity index (χ0n) is 11.5. The Balaban J connectivity index is 2.10. The van der Waals surface area contributed by atoms with E-state index in [1.54, 1.807) is 0 Å². The van der Waals surface area contributed by atoms with E-state index < -0.39 is 0 Å². The zero-order chi connectivity index (χ0) is 13.1. The maximum Gasteiger partial charge on any atom is 0.0453 e. The van der Waals surface area contributed by atoms with Crippen molar-refractivity contribution in [2.45, 2.75) is 45.8 Å². The number of benzene rings is 1. The molecule has 2 nitrogen and oxygen atoms in total. The first-order chi connectivity index (χ1) is 8.56. The highest BCUT2D eigenvalue weighted by atomic mass is 35.5. The second kappa shape index (κ2) is 6.05. The van der Waals surface area contributed by atoms with Crippen LogP contribution in [0, 0.1) is 6.92 Å². The molecular formula is C15H23ClN2. The van der Waals surface area contributed by atoms with Crippen molar-refractivity contribution in [1.82, 2.24) is 10.2 Å². The minimum absolute atomic E-state index is 0.555. The van der Waals surface area contributed by atoms with Crippen molar-refractivity contribution >= 4 is 11.6 Å². The molecule has 1 saturated heterocycles. The summed E-state index contributed by atoms with van der Waals surface area (Å²) in [7, 11) is 0. The molecule has 1 aromatic rings. The minimum Gasteiger partial charge on any atom is -0.313 e. The van der Waals surface area contributed by atoms with Crippen molar-refractivity contribution in [2.75, 3.05) is 13.1 Å². The fourth-order valence-corrected chi connectivity index (χ4v) is 2.83. The standard InChI is InChI=1S/C15H23ClN2/c1-11-4-5-14(15(16)8-11)10-18-9-12(2)17-7-6-13(18)3/h4-5,8,12-13,17H,6-7,9-10H2,1-3H3. The second-order valence-electron chi connectivity index (χ2n) is 5.52. The molecule has 2 rings (SSSR count). The third kappa shape index (κ3) is 3.47. The number of aryl methyl sites for hydroxylation is 1. The molecule has 0 radical (unpaired) electrons.